The molecule has 2 heteroatoms. The Hall–Kier alpha value is -0.860. The first-order chi connectivity index (χ1) is 9.43. The Morgan fingerprint density at radius 3 is 2.58 bits per heavy atom. The maximum atomic E-state index is 3.58. The Labute approximate surface area is 117 Å². The molecule has 19 heavy (non-hydrogen) atoms. The van der Waals surface area contributed by atoms with Gasteiger partial charge in [0.05, 0.1) is 0 Å². The van der Waals surface area contributed by atoms with E-state index in [2.05, 4.69) is 34.5 Å². The molecule has 0 radical (unpaired) electrons. The lowest BCUT2D eigenvalue weighted by Gasteiger charge is -2.32. The first-order valence-electron chi connectivity index (χ1n) is 7.94. The van der Waals surface area contributed by atoms with E-state index >= 15 is 0 Å². The largest absolute Gasteiger partial charge is 0.312 e. The monoisotopic (exact) mass is 258 g/mol. The van der Waals surface area contributed by atoms with Crippen LogP contribution in [0.5, 0.6) is 0 Å². The number of nitrogens with zero attached hydrogens (tertiary/aromatic N) is 1. The molecule has 104 valence electrons. The molecule has 1 atom stereocenters. The van der Waals surface area contributed by atoms with Crippen molar-refractivity contribution in [2.45, 2.75) is 44.6 Å². The van der Waals surface area contributed by atoms with Gasteiger partial charge in [0.1, 0.15) is 0 Å². The summed E-state index contributed by atoms with van der Waals surface area (Å²) in [5, 5.41) is 3.58. The first kappa shape index (κ1) is 13.1. The van der Waals surface area contributed by atoms with E-state index in [9.17, 15) is 0 Å². The summed E-state index contributed by atoms with van der Waals surface area (Å²) in [6.45, 7) is 6.04. The van der Waals surface area contributed by atoms with Crippen LogP contribution < -0.4 is 5.32 Å². The van der Waals surface area contributed by atoms with Crippen molar-refractivity contribution >= 4 is 0 Å². The quantitative estimate of drug-likeness (QED) is 0.876. The first-order valence-corrected chi connectivity index (χ1v) is 7.94. The standard InChI is InChI=1S/C17H26N2/c1-2-6-10-19(11-7-3-1)14-16-13-18-12-15-8-4-5-9-17(15)16/h4-5,8-9,16,18H,1-3,6-7,10-14H2. The van der Waals surface area contributed by atoms with Crippen molar-refractivity contribution in [3.05, 3.63) is 35.4 Å². The van der Waals surface area contributed by atoms with Gasteiger partial charge in [-0.15, -0.1) is 0 Å². The van der Waals surface area contributed by atoms with Gasteiger partial charge >= 0.3 is 0 Å². The molecule has 1 fully saturated rings. The van der Waals surface area contributed by atoms with Gasteiger partial charge in [0, 0.05) is 25.6 Å². The lowest BCUT2D eigenvalue weighted by molar-refractivity contribution is 0.228. The molecular formula is C17H26N2. The zero-order chi connectivity index (χ0) is 12.9. The molecular weight excluding hydrogens is 232 g/mol. The zero-order valence-electron chi connectivity index (χ0n) is 11.9. The number of fused-ring (bicyclic) bond motifs is 1. The third-order valence-electron chi connectivity index (χ3n) is 4.63. The van der Waals surface area contributed by atoms with Crippen molar-refractivity contribution in [1.82, 2.24) is 10.2 Å². The molecule has 3 rings (SSSR count). The van der Waals surface area contributed by atoms with Crippen LogP contribution in [0.3, 0.4) is 0 Å². The lowest BCUT2D eigenvalue weighted by Crippen LogP contribution is -2.38. The maximum absolute atomic E-state index is 3.58. The van der Waals surface area contributed by atoms with Crippen molar-refractivity contribution in [3.63, 3.8) is 0 Å². The van der Waals surface area contributed by atoms with Gasteiger partial charge in [-0.3, -0.25) is 0 Å². The van der Waals surface area contributed by atoms with Gasteiger partial charge in [-0.05, 0) is 37.1 Å². The van der Waals surface area contributed by atoms with E-state index in [1.165, 1.54) is 57.3 Å². The summed E-state index contributed by atoms with van der Waals surface area (Å²) in [4.78, 5) is 2.70. The average molecular weight is 258 g/mol. The average Bonchev–Trinajstić information content (AvgIpc) is 2.42. The van der Waals surface area contributed by atoms with Crippen LogP contribution in [-0.4, -0.2) is 31.1 Å². The summed E-state index contributed by atoms with van der Waals surface area (Å²) in [7, 11) is 0. The molecule has 0 saturated carbocycles. The molecule has 0 amide bonds. The van der Waals surface area contributed by atoms with E-state index in [0.29, 0.717) is 5.92 Å². The second-order valence-corrected chi connectivity index (χ2v) is 6.10. The van der Waals surface area contributed by atoms with Crippen molar-refractivity contribution in [1.29, 1.82) is 0 Å². The number of benzene rings is 1. The molecule has 0 bridgehead atoms. The summed E-state index contributed by atoms with van der Waals surface area (Å²) in [6, 6.07) is 8.98. The molecule has 1 unspecified atom stereocenters. The van der Waals surface area contributed by atoms with Crippen LogP contribution in [-0.2, 0) is 6.54 Å². The molecule has 1 aromatic carbocycles. The minimum absolute atomic E-state index is 0.685. The molecule has 2 heterocycles. The Bertz CT molecular complexity index is 394. The molecule has 0 spiro atoms. The minimum atomic E-state index is 0.685. The van der Waals surface area contributed by atoms with Crippen LogP contribution >= 0.6 is 0 Å². The van der Waals surface area contributed by atoms with Gasteiger partial charge < -0.3 is 10.2 Å². The third-order valence-corrected chi connectivity index (χ3v) is 4.63. The molecule has 1 saturated heterocycles. The summed E-state index contributed by atoms with van der Waals surface area (Å²) in [5.41, 5.74) is 3.09. The van der Waals surface area contributed by atoms with Crippen LogP contribution in [0.1, 0.15) is 49.1 Å². The van der Waals surface area contributed by atoms with Gasteiger partial charge in [0.25, 0.3) is 0 Å². The molecule has 0 aromatic heterocycles. The fourth-order valence-electron chi connectivity index (χ4n) is 3.55. The highest BCUT2D eigenvalue weighted by molar-refractivity contribution is 5.32. The number of rotatable bonds is 2. The maximum Gasteiger partial charge on any atom is 0.0208 e. The van der Waals surface area contributed by atoms with Crippen molar-refractivity contribution in [3.8, 4) is 0 Å². The second kappa shape index (κ2) is 6.53. The SMILES string of the molecule is c1ccc2c(c1)CNCC2CN1CCCCCCC1. The Kier molecular flexibility index (Phi) is 4.52. The summed E-state index contributed by atoms with van der Waals surface area (Å²) >= 11 is 0. The van der Waals surface area contributed by atoms with Crippen LogP contribution in [0.4, 0.5) is 0 Å². The van der Waals surface area contributed by atoms with Crippen LogP contribution in [0.15, 0.2) is 24.3 Å². The van der Waals surface area contributed by atoms with Gasteiger partial charge in [0.15, 0.2) is 0 Å². The lowest BCUT2D eigenvalue weighted by atomic mass is 9.90. The van der Waals surface area contributed by atoms with Crippen molar-refractivity contribution in [2.75, 3.05) is 26.2 Å². The molecule has 2 aliphatic heterocycles. The van der Waals surface area contributed by atoms with Crippen molar-refractivity contribution in [2.24, 2.45) is 0 Å². The van der Waals surface area contributed by atoms with Gasteiger partial charge in [-0.1, -0.05) is 43.5 Å². The summed E-state index contributed by atoms with van der Waals surface area (Å²) in [5.74, 6) is 0.685. The highest BCUT2D eigenvalue weighted by Gasteiger charge is 2.22. The molecule has 2 aliphatic rings. The van der Waals surface area contributed by atoms with E-state index in [0.717, 1.165) is 13.1 Å². The van der Waals surface area contributed by atoms with Crippen LogP contribution in [0.2, 0.25) is 0 Å². The predicted molar refractivity (Wildman–Crippen MR) is 80.4 cm³/mol. The fraction of sp³-hybridized carbons (Fsp3) is 0.647. The van der Waals surface area contributed by atoms with Crippen LogP contribution in [0, 0.1) is 0 Å². The minimum Gasteiger partial charge on any atom is -0.312 e. The topological polar surface area (TPSA) is 15.3 Å². The Morgan fingerprint density at radius 2 is 1.74 bits per heavy atom. The number of hydrogen-bond donors (Lipinski definition) is 1. The van der Waals surface area contributed by atoms with E-state index in [4.69, 9.17) is 0 Å². The van der Waals surface area contributed by atoms with Crippen LogP contribution in [0.25, 0.3) is 0 Å². The smallest absolute Gasteiger partial charge is 0.0208 e. The van der Waals surface area contributed by atoms with E-state index in [1.54, 1.807) is 5.56 Å². The van der Waals surface area contributed by atoms with E-state index in [1.807, 2.05) is 0 Å². The third kappa shape index (κ3) is 3.37. The molecule has 1 N–H and O–H groups in total. The van der Waals surface area contributed by atoms with Gasteiger partial charge in [-0.25, -0.2) is 0 Å². The van der Waals surface area contributed by atoms with Crippen molar-refractivity contribution < 1.29 is 0 Å². The molecule has 2 nitrogen and oxygen atoms in total. The second-order valence-electron chi connectivity index (χ2n) is 6.10. The van der Waals surface area contributed by atoms with Gasteiger partial charge in [0.2, 0.25) is 0 Å². The van der Waals surface area contributed by atoms with Gasteiger partial charge in [-0.2, -0.15) is 0 Å². The Balaban J connectivity index is 1.66. The molecule has 0 aliphatic carbocycles. The van der Waals surface area contributed by atoms with E-state index < -0.39 is 0 Å². The number of hydrogen-bond acceptors (Lipinski definition) is 2. The normalized spacial score (nSPS) is 25.4. The zero-order valence-corrected chi connectivity index (χ0v) is 11.9. The fourth-order valence-corrected chi connectivity index (χ4v) is 3.55. The number of likely N-dealkylation sites (tertiary alicyclic amines) is 1. The Morgan fingerprint density at radius 1 is 1.00 bits per heavy atom. The van der Waals surface area contributed by atoms with E-state index in [-0.39, 0.29) is 0 Å². The molecule has 1 aromatic rings. The highest BCUT2D eigenvalue weighted by atomic mass is 15.1. The summed E-state index contributed by atoms with van der Waals surface area (Å²) in [6.07, 6.45) is 7.08. The highest BCUT2D eigenvalue weighted by Crippen LogP contribution is 2.25. The number of nitrogens with one attached hydrogen (secondary N) is 1. The summed E-state index contributed by atoms with van der Waals surface area (Å²) < 4.78 is 0. The predicted octanol–water partition coefficient (Wildman–Crippen LogP) is 3.14.